The van der Waals surface area contributed by atoms with Gasteiger partial charge in [-0.3, -0.25) is 0 Å². The van der Waals surface area contributed by atoms with Crippen molar-refractivity contribution in [2.24, 2.45) is 5.92 Å². The van der Waals surface area contributed by atoms with E-state index in [0.717, 1.165) is 12.0 Å². The molecule has 0 aromatic rings. The van der Waals surface area contributed by atoms with E-state index in [9.17, 15) is 10.2 Å². The Labute approximate surface area is 73.9 Å². The van der Waals surface area contributed by atoms with E-state index in [1.165, 1.54) is 0 Å². The zero-order valence-electron chi connectivity index (χ0n) is 7.88. The van der Waals surface area contributed by atoms with Crippen LogP contribution in [-0.2, 0) is 0 Å². The third-order valence-corrected chi connectivity index (χ3v) is 2.86. The van der Waals surface area contributed by atoms with Crippen LogP contribution in [0.15, 0.2) is 12.2 Å². The smallest absolute Gasteiger partial charge is 0.0883 e. The Morgan fingerprint density at radius 2 is 2.08 bits per heavy atom. The van der Waals surface area contributed by atoms with Crippen molar-refractivity contribution in [3.8, 4) is 0 Å². The van der Waals surface area contributed by atoms with Crippen LogP contribution in [0.1, 0.15) is 33.1 Å². The monoisotopic (exact) mass is 170 g/mol. The Morgan fingerprint density at radius 3 is 2.50 bits per heavy atom. The Morgan fingerprint density at radius 1 is 1.50 bits per heavy atom. The summed E-state index contributed by atoms with van der Waals surface area (Å²) < 4.78 is 0. The van der Waals surface area contributed by atoms with E-state index in [1.54, 1.807) is 6.92 Å². The molecule has 1 rings (SSSR count). The predicted octanol–water partition coefficient (Wildman–Crippen LogP) is 1.47. The molecule has 2 heteroatoms. The van der Waals surface area contributed by atoms with Gasteiger partial charge in [-0.25, -0.2) is 0 Å². The number of hydrogen-bond acceptors (Lipinski definition) is 2. The van der Waals surface area contributed by atoms with Gasteiger partial charge in [-0.05, 0) is 39.0 Å². The van der Waals surface area contributed by atoms with Crippen molar-refractivity contribution in [3.63, 3.8) is 0 Å². The molecule has 0 aromatic carbocycles. The first-order valence-electron chi connectivity index (χ1n) is 4.49. The fraction of sp³-hybridized carbons (Fsp3) is 0.800. The molecule has 12 heavy (non-hydrogen) atoms. The lowest BCUT2D eigenvalue weighted by molar-refractivity contribution is -0.0965. The minimum absolute atomic E-state index is 0.378. The fourth-order valence-electron chi connectivity index (χ4n) is 1.83. The van der Waals surface area contributed by atoms with Gasteiger partial charge in [0.2, 0.25) is 0 Å². The van der Waals surface area contributed by atoms with Crippen LogP contribution in [0, 0.1) is 5.92 Å². The van der Waals surface area contributed by atoms with E-state index in [-0.39, 0.29) is 0 Å². The molecule has 3 atom stereocenters. The van der Waals surface area contributed by atoms with Crippen molar-refractivity contribution >= 4 is 0 Å². The first kappa shape index (κ1) is 9.75. The standard InChI is InChI=1S/C10H18O2/c1-7(2)8-4-5-9(11)10(3,12)6-8/h8-9,11-12H,1,4-6H2,2-3H3/t8-,9-,10-/m1/s1. The molecule has 0 amide bonds. The molecule has 1 aliphatic carbocycles. The van der Waals surface area contributed by atoms with E-state index in [2.05, 4.69) is 6.58 Å². The van der Waals surface area contributed by atoms with Gasteiger partial charge in [0, 0.05) is 0 Å². The normalized spacial score (nSPS) is 42.7. The summed E-state index contributed by atoms with van der Waals surface area (Å²) in [4.78, 5) is 0. The summed E-state index contributed by atoms with van der Waals surface area (Å²) in [5.41, 5.74) is 0.198. The summed E-state index contributed by atoms with van der Waals surface area (Å²) in [7, 11) is 0. The van der Waals surface area contributed by atoms with Crippen LogP contribution in [0.2, 0.25) is 0 Å². The summed E-state index contributed by atoms with van der Waals surface area (Å²) in [6, 6.07) is 0. The second-order valence-electron chi connectivity index (χ2n) is 4.20. The second-order valence-corrected chi connectivity index (χ2v) is 4.20. The number of rotatable bonds is 1. The summed E-state index contributed by atoms with van der Waals surface area (Å²) in [5, 5.41) is 19.2. The highest BCUT2D eigenvalue weighted by Crippen LogP contribution is 2.35. The first-order chi connectivity index (χ1) is 5.43. The van der Waals surface area contributed by atoms with Crippen LogP contribution in [-0.4, -0.2) is 21.9 Å². The Kier molecular flexibility index (Phi) is 2.59. The number of aliphatic hydroxyl groups is 2. The Bertz CT molecular complexity index is 184. The second kappa shape index (κ2) is 3.19. The number of hydrogen-bond donors (Lipinski definition) is 2. The van der Waals surface area contributed by atoms with Gasteiger partial charge < -0.3 is 10.2 Å². The van der Waals surface area contributed by atoms with Gasteiger partial charge in [0.05, 0.1) is 11.7 Å². The maximum absolute atomic E-state index is 9.77. The van der Waals surface area contributed by atoms with Crippen molar-refractivity contribution in [3.05, 3.63) is 12.2 Å². The van der Waals surface area contributed by atoms with E-state index in [0.29, 0.717) is 18.8 Å². The van der Waals surface area contributed by atoms with Crippen LogP contribution in [0.4, 0.5) is 0 Å². The molecule has 0 saturated heterocycles. The Hall–Kier alpha value is -0.340. The van der Waals surface area contributed by atoms with Gasteiger partial charge in [-0.2, -0.15) is 0 Å². The number of aliphatic hydroxyl groups excluding tert-OH is 1. The predicted molar refractivity (Wildman–Crippen MR) is 48.8 cm³/mol. The van der Waals surface area contributed by atoms with Crippen molar-refractivity contribution in [1.29, 1.82) is 0 Å². The van der Waals surface area contributed by atoms with Gasteiger partial charge in [-0.15, -0.1) is 0 Å². The van der Waals surface area contributed by atoms with Gasteiger partial charge in [0.1, 0.15) is 0 Å². The molecular weight excluding hydrogens is 152 g/mol. The minimum atomic E-state index is -0.915. The maximum Gasteiger partial charge on any atom is 0.0883 e. The maximum atomic E-state index is 9.77. The quantitative estimate of drug-likeness (QED) is 0.585. The van der Waals surface area contributed by atoms with Crippen LogP contribution in [0.25, 0.3) is 0 Å². The summed E-state index contributed by atoms with van der Waals surface area (Å²) >= 11 is 0. The van der Waals surface area contributed by atoms with Crippen LogP contribution < -0.4 is 0 Å². The van der Waals surface area contributed by atoms with Crippen LogP contribution in [0.5, 0.6) is 0 Å². The van der Waals surface area contributed by atoms with Gasteiger partial charge in [0.15, 0.2) is 0 Å². The highest BCUT2D eigenvalue weighted by atomic mass is 16.3. The van der Waals surface area contributed by atoms with Crippen LogP contribution >= 0.6 is 0 Å². The molecule has 0 aromatic heterocycles. The molecule has 0 heterocycles. The molecule has 1 fully saturated rings. The topological polar surface area (TPSA) is 40.5 Å². The van der Waals surface area contributed by atoms with Crippen molar-refractivity contribution in [1.82, 2.24) is 0 Å². The number of allylic oxidation sites excluding steroid dienone is 1. The molecule has 0 spiro atoms. The molecule has 0 aliphatic heterocycles. The van der Waals surface area contributed by atoms with E-state index in [1.807, 2.05) is 6.92 Å². The highest BCUT2D eigenvalue weighted by Gasteiger charge is 2.37. The van der Waals surface area contributed by atoms with Gasteiger partial charge >= 0.3 is 0 Å². The Balaban J connectivity index is 2.63. The zero-order valence-corrected chi connectivity index (χ0v) is 7.88. The summed E-state index contributed by atoms with van der Waals surface area (Å²) in [6.45, 7) is 7.56. The van der Waals surface area contributed by atoms with Crippen molar-refractivity contribution in [2.45, 2.75) is 44.8 Å². The minimum Gasteiger partial charge on any atom is -0.390 e. The molecule has 0 unspecified atom stereocenters. The SMILES string of the molecule is C=C(C)[C@@H]1CC[C@@H](O)[C@](C)(O)C1. The summed E-state index contributed by atoms with van der Waals surface area (Å²) in [5.74, 6) is 0.378. The van der Waals surface area contributed by atoms with Gasteiger partial charge in [0.25, 0.3) is 0 Å². The van der Waals surface area contributed by atoms with Crippen LogP contribution in [0.3, 0.4) is 0 Å². The molecule has 0 bridgehead atoms. The third kappa shape index (κ3) is 1.87. The third-order valence-electron chi connectivity index (χ3n) is 2.86. The lowest BCUT2D eigenvalue weighted by atomic mass is 9.75. The highest BCUT2D eigenvalue weighted by molar-refractivity contribution is 5.03. The van der Waals surface area contributed by atoms with Crippen molar-refractivity contribution < 1.29 is 10.2 Å². The zero-order chi connectivity index (χ0) is 9.35. The molecule has 2 N–H and O–H groups in total. The largest absolute Gasteiger partial charge is 0.390 e. The molecule has 1 saturated carbocycles. The molecular formula is C10H18O2. The van der Waals surface area contributed by atoms with E-state index in [4.69, 9.17) is 0 Å². The summed E-state index contributed by atoms with van der Waals surface area (Å²) in [6.07, 6.45) is 1.72. The van der Waals surface area contributed by atoms with Crippen molar-refractivity contribution in [2.75, 3.05) is 0 Å². The van der Waals surface area contributed by atoms with E-state index >= 15 is 0 Å². The lowest BCUT2D eigenvalue weighted by Crippen LogP contribution is -2.44. The average Bonchev–Trinajstić information content (AvgIpc) is 1.94. The molecule has 1 aliphatic rings. The average molecular weight is 170 g/mol. The molecule has 2 nitrogen and oxygen atoms in total. The molecule has 0 radical (unpaired) electrons. The lowest BCUT2D eigenvalue weighted by Gasteiger charge is -2.38. The fourth-order valence-corrected chi connectivity index (χ4v) is 1.83. The molecule has 70 valence electrons. The van der Waals surface area contributed by atoms with Gasteiger partial charge in [-0.1, -0.05) is 12.2 Å². The first-order valence-corrected chi connectivity index (χ1v) is 4.49. The van der Waals surface area contributed by atoms with E-state index < -0.39 is 11.7 Å².